The predicted molar refractivity (Wildman–Crippen MR) is 52.1 cm³/mol. The molecule has 0 radical (unpaired) electrons. The number of rotatable bonds is 4. The molecular weight excluding hydrogens is 279 g/mol. The fourth-order valence-electron chi connectivity index (χ4n) is 1.26. The predicted octanol–water partition coefficient (Wildman–Crippen LogP) is 2.02. The minimum atomic E-state index is -4.50. The van der Waals surface area contributed by atoms with Gasteiger partial charge in [0.05, 0.1) is 0 Å². The number of hydrogen-bond donors (Lipinski definition) is 1. The molecule has 1 unspecified atom stereocenters. The minimum Gasteiger partial charge on any atom is -0.388 e. The van der Waals surface area contributed by atoms with Crippen molar-refractivity contribution >= 4 is 8.80 Å². The first kappa shape index (κ1) is 15.0. The second-order valence-corrected chi connectivity index (χ2v) is 5.88. The maximum absolute atomic E-state index is 13.8. The van der Waals surface area contributed by atoms with Crippen LogP contribution in [-0.4, -0.2) is 27.8 Å². The zero-order valence-electron chi connectivity index (χ0n) is 9.31. The molecule has 9 heteroatoms. The second-order valence-electron chi connectivity index (χ2n) is 3.29. The highest BCUT2D eigenvalue weighted by molar-refractivity contribution is 6.60. The van der Waals surface area contributed by atoms with E-state index >= 15 is 0 Å². The van der Waals surface area contributed by atoms with E-state index in [1.165, 1.54) is 0 Å². The van der Waals surface area contributed by atoms with E-state index in [9.17, 15) is 26.7 Å². The standard InChI is InChI=1S/C9H9F5O3Si/c1-16-18(15,17-2)9(14)4-3-5(10)7(12)8(13)6(4)11/h3,9,15H,1-2H3. The van der Waals surface area contributed by atoms with E-state index in [0.717, 1.165) is 14.2 Å². The summed E-state index contributed by atoms with van der Waals surface area (Å²) in [6.07, 6.45) is 0. The normalized spacial score (nSPS) is 13.8. The molecule has 0 fully saturated rings. The van der Waals surface area contributed by atoms with E-state index in [-0.39, 0.29) is 6.07 Å². The van der Waals surface area contributed by atoms with E-state index in [2.05, 4.69) is 8.85 Å². The maximum atomic E-state index is 13.8. The first-order valence-electron chi connectivity index (χ1n) is 4.58. The van der Waals surface area contributed by atoms with Gasteiger partial charge in [-0.1, -0.05) is 0 Å². The Bertz CT molecular complexity index is 452. The van der Waals surface area contributed by atoms with E-state index < -0.39 is 43.4 Å². The van der Waals surface area contributed by atoms with E-state index in [4.69, 9.17) is 0 Å². The Morgan fingerprint density at radius 3 is 2.00 bits per heavy atom. The van der Waals surface area contributed by atoms with Crippen LogP contribution in [0, 0.1) is 23.3 Å². The molecule has 1 atom stereocenters. The Balaban J connectivity index is 3.34. The molecule has 1 aromatic rings. The van der Waals surface area contributed by atoms with Gasteiger partial charge in [0.15, 0.2) is 29.1 Å². The fraction of sp³-hybridized carbons (Fsp3) is 0.333. The van der Waals surface area contributed by atoms with Crippen molar-refractivity contribution in [1.82, 2.24) is 0 Å². The summed E-state index contributed by atoms with van der Waals surface area (Å²) in [7, 11) is -2.73. The van der Waals surface area contributed by atoms with Gasteiger partial charge >= 0.3 is 8.80 Å². The third kappa shape index (κ3) is 2.39. The number of hydrogen-bond acceptors (Lipinski definition) is 3. The van der Waals surface area contributed by atoms with Crippen molar-refractivity contribution in [3.05, 3.63) is 34.9 Å². The summed E-state index contributed by atoms with van der Waals surface area (Å²) in [5.74, 6) is -10.6. The van der Waals surface area contributed by atoms with Gasteiger partial charge in [-0.3, -0.25) is 0 Å². The Morgan fingerprint density at radius 2 is 1.56 bits per heavy atom. The zero-order valence-corrected chi connectivity index (χ0v) is 10.3. The van der Waals surface area contributed by atoms with Crippen LogP contribution in [0.1, 0.15) is 11.4 Å². The van der Waals surface area contributed by atoms with Gasteiger partial charge in [-0.15, -0.1) is 0 Å². The molecule has 0 aromatic heterocycles. The van der Waals surface area contributed by atoms with Crippen LogP contribution in [0.2, 0.25) is 0 Å². The molecule has 18 heavy (non-hydrogen) atoms. The third-order valence-corrected chi connectivity index (χ3v) is 4.43. The van der Waals surface area contributed by atoms with Crippen LogP contribution in [-0.2, 0) is 8.85 Å². The Morgan fingerprint density at radius 1 is 1.06 bits per heavy atom. The topological polar surface area (TPSA) is 38.7 Å². The molecule has 0 saturated heterocycles. The third-order valence-electron chi connectivity index (χ3n) is 2.31. The molecule has 0 saturated carbocycles. The van der Waals surface area contributed by atoms with Gasteiger partial charge in [0.25, 0.3) is 0 Å². The van der Waals surface area contributed by atoms with Gasteiger partial charge in [-0.05, 0) is 6.07 Å². The molecule has 0 aliphatic rings. The van der Waals surface area contributed by atoms with Crippen LogP contribution in [0.25, 0.3) is 0 Å². The van der Waals surface area contributed by atoms with Crippen molar-refractivity contribution < 1.29 is 35.6 Å². The summed E-state index contributed by atoms with van der Waals surface area (Å²) >= 11 is 0. The highest BCUT2D eigenvalue weighted by Crippen LogP contribution is 2.32. The van der Waals surface area contributed by atoms with Crippen molar-refractivity contribution in [3.63, 3.8) is 0 Å². The van der Waals surface area contributed by atoms with Crippen LogP contribution in [0.3, 0.4) is 0 Å². The van der Waals surface area contributed by atoms with Crippen molar-refractivity contribution in [1.29, 1.82) is 0 Å². The molecule has 3 nitrogen and oxygen atoms in total. The van der Waals surface area contributed by atoms with Crippen LogP contribution in [0.15, 0.2) is 6.07 Å². The smallest absolute Gasteiger partial charge is 0.388 e. The average molecular weight is 288 g/mol. The van der Waals surface area contributed by atoms with Crippen LogP contribution >= 0.6 is 0 Å². The summed E-state index contributed by atoms with van der Waals surface area (Å²) in [5.41, 5.74) is -1.20. The van der Waals surface area contributed by atoms with Gasteiger partial charge in [-0.25, -0.2) is 22.0 Å². The van der Waals surface area contributed by atoms with Gasteiger partial charge in [-0.2, -0.15) is 0 Å². The Labute approximate surface area is 100 Å². The van der Waals surface area contributed by atoms with Crippen molar-refractivity contribution in [2.75, 3.05) is 14.2 Å². The minimum absolute atomic E-state index is 0.106. The summed E-state index contributed by atoms with van der Waals surface area (Å²) in [4.78, 5) is 9.54. The monoisotopic (exact) mass is 288 g/mol. The summed E-state index contributed by atoms with van der Waals surface area (Å²) in [6.45, 7) is 0. The van der Waals surface area contributed by atoms with E-state index in [1.54, 1.807) is 0 Å². The Kier molecular flexibility index (Phi) is 4.43. The van der Waals surface area contributed by atoms with Gasteiger partial charge < -0.3 is 13.6 Å². The summed E-state index contributed by atoms with van der Waals surface area (Å²) in [6, 6.07) is 0.106. The molecular formula is C9H9F5O3Si. The van der Waals surface area contributed by atoms with Gasteiger partial charge in [0, 0.05) is 19.8 Å². The molecule has 0 bridgehead atoms. The highest BCUT2D eigenvalue weighted by Gasteiger charge is 2.48. The van der Waals surface area contributed by atoms with E-state index in [0.29, 0.717) is 0 Å². The summed E-state index contributed by atoms with van der Waals surface area (Å²) in [5, 5.41) is 0. The molecule has 1 N–H and O–H groups in total. The average Bonchev–Trinajstić information content (AvgIpc) is 2.38. The van der Waals surface area contributed by atoms with Gasteiger partial charge in [0.1, 0.15) is 0 Å². The van der Waals surface area contributed by atoms with E-state index in [1.807, 2.05) is 0 Å². The first-order chi connectivity index (χ1) is 8.28. The second kappa shape index (κ2) is 5.30. The lowest BCUT2D eigenvalue weighted by Gasteiger charge is -2.23. The van der Waals surface area contributed by atoms with Gasteiger partial charge in [0.2, 0.25) is 0 Å². The molecule has 0 aliphatic heterocycles. The number of halogens is 5. The van der Waals surface area contributed by atoms with Crippen LogP contribution < -0.4 is 0 Å². The molecule has 102 valence electrons. The zero-order chi connectivity index (χ0) is 14.1. The molecule has 0 aliphatic carbocycles. The molecule has 0 amide bonds. The Hall–Kier alpha value is -1.03. The lowest BCUT2D eigenvalue weighted by molar-refractivity contribution is 0.110. The molecule has 1 rings (SSSR count). The summed E-state index contributed by atoms with van der Waals surface area (Å²) < 4.78 is 74.3. The lowest BCUT2D eigenvalue weighted by atomic mass is 10.2. The SMILES string of the molecule is CO[Si](O)(OC)C(F)c1cc(F)c(F)c(F)c1F. The fourth-order valence-corrected chi connectivity index (χ4v) is 2.45. The quantitative estimate of drug-likeness (QED) is 0.399. The number of alkyl halides is 1. The molecule has 0 spiro atoms. The van der Waals surface area contributed by atoms with Crippen molar-refractivity contribution in [2.45, 2.75) is 5.79 Å². The van der Waals surface area contributed by atoms with Crippen LogP contribution in [0.4, 0.5) is 22.0 Å². The molecule has 0 heterocycles. The first-order valence-corrected chi connectivity index (χ1v) is 6.42. The van der Waals surface area contributed by atoms with Crippen molar-refractivity contribution in [2.24, 2.45) is 0 Å². The largest absolute Gasteiger partial charge is 0.538 e. The van der Waals surface area contributed by atoms with Crippen LogP contribution in [0.5, 0.6) is 0 Å². The molecule has 1 aromatic carbocycles. The lowest BCUT2D eigenvalue weighted by Crippen LogP contribution is -2.46. The number of benzene rings is 1. The maximum Gasteiger partial charge on any atom is 0.538 e. The highest BCUT2D eigenvalue weighted by atomic mass is 28.4. The van der Waals surface area contributed by atoms with Crippen molar-refractivity contribution in [3.8, 4) is 0 Å².